The van der Waals surface area contributed by atoms with Gasteiger partial charge in [-0.3, -0.25) is 4.98 Å². The van der Waals surface area contributed by atoms with Gasteiger partial charge in [0, 0.05) is 36.2 Å². The van der Waals surface area contributed by atoms with Crippen LogP contribution in [-0.2, 0) is 22.7 Å². The maximum atomic E-state index is 14.4. The molecule has 14 heteroatoms. The van der Waals surface area contributed by atoms with Crippen LogP contribution >= 0.6 is 0 Å². The van der Waals surface area contributed by atoms with Gasteiger partial charge in [0.1, 0.15) is 16.1 Å². The lowest BCUT2D eigenvalue weighted by molar-refractivity contribution is -0.143. The molecule has 0 bridgehead atoms. The Labute approximate surface area is 199 Å². The molecule has 0 fully saturated rings. The van der Waals surface area contributed by atoms with Crippen LogP contribution in [0.5, 0.6) is 0 Å². The lowest BCUT2D eigenvalue weighted by atomic mass is 10.1. The molecule has 0 atom stereocenters. The standard InChI is InChI=1S/C22H15F7N4O2S/c1-30-8-11-10-33(36(34,35)13-3-2-6-31-9-13)15-7-12(4-5-14(11)15)32-21-19(25)17(23)16(22(27,28)29)18(24)20(21)26/h2-7,9-10,30,32H,8H2,1H3. The summed E-state index contributed by atoms with van der Waals surface area (Å²) in [5.74, 6) is -9.83. The smallest absolute Gasteiger partial charge is 0.350 e. The van der Waals surface area contributed by atoms with Gasteiger partial charge in [-0.15, -0.1) is 0 Å². The first-order chi connectivity index (χ1) is 16.9. The third-order valence-corrected chi connectivity index (χ3v) is 6.89. The number of alkyl halides is 3. The number of halogens is 7. The average molecular weight is 532 g/mol. The predicted octanol–water partition coefficient (Wildman–Crippen LogP) is 5.31. The van der Waals surface area contributed by atoms with Crippen LogP contribution < -0.4 is 10.6 Å². The van der Waals surface area contributed by atoms with E-state index < -0.39 is 50.7 Å². The van der Waals surface area contributed by atoms with Crippen LogP contribution in [-0.4, -0.2) is 24.4 Å². The number of nitrogens with one attached hydrogen (secondary N) is 2. The fraction of sp³-hybridized carbons (Fsp3) is 0.136. The monoisotopic (exact) mass is 532 g/mol. The number of rotatable bonds is 6. The summed E-state index contributed by atoms with van der Waals surface area (Å²) < 4.78 is 123. The van der Waals surface area contributed by atoms with Crippen molar-refractivity contribution in [1.29, 1.82) is 0 Å². The van der Waals surface area contributed by atoms with Crippen LogP contribution in [0.2, 0.25) is 0 Å². The first-order valence-electron chi connectivity index (χ1n) is 10.0. The summed E-state index contributed by atoms with van der Waals surface area (Å²) in [5, 5.41) is 5.30. The number of hydrogen-bond donors (Lipinski definition) is 2. The fourth-order valence-corrected chi connectivity index (χ4v) is 4.97. The summed E-state index contributed by atoms with van der Waals surface area (Å²) in [4.78, 5) is 3.62. The van der Waals surface area contributed by atoms with Gasteiger partial charge in [-0.05, 0) is 36.9 Å². The third kappa shape index (κ3) is 4.26. The topological polar surface area (TPSA) is 76.0 Å². The predicted molar refractivity (Wildman–Crippen MR) is 116 cm³/mol. The Morgan fingerprint density at radius 2 is 1.67 bits per heavy atom. The van der Waals surface area contributed by atoms with E-state index in [1.165, 1.54) is 36.7 Å². The Hall–Kier alpha value is -3.65. The molecule has 2 aromatic carbocycles. The van der Waals surface area contributed by atoms with Crippen molar-refractivity contribution in [2.75, 3.05) is 12.4 Å². The number of pyridine rings is 1. The Morgan fingerprint density at radius 1 is 1.00 bits per heavy atom. The summed E-state index contributed by atoms with van der Waals surface area (Å²) in [5.41, 5.74) is -3.93. The minimum Gasteiger partial charge on any atom is -0.350 e. The van der Waals surface area contributed by atoms with E-state index in [9.17, 15) is 39.2 Å². The molecule has 4 aromatic rings. The normalized spacial score (nSPS) is 12.3. The van der Waals surface area contributed by atoms with E-state index in [2.05, 4.69) is 10.3 Å². The lowest BCUT2D eigenvalue weighted by Crippen LogP contribution is -2.16. The molecule has 0 radical (unpaired) electrons. The van der Waals surface area contributed by atoms with Gasteiger partial charge in [-0.25, -0.2) is 30.0 Å². The largest absolute Gasteiger partial charge is 0.422 e. The van der Waals surface area contributed by atoms with Crippen LogP contribution in [0.4, 0.5) is 42.1 Å². The molecule has 2 N–H and O–H groups in total. The SMILES string of the molecule is CNCc1cn(S(=O)(=O)c2cccnc2)c2cc(Nc3c(F)c(F)c(C(F)(F)F)c(F)c3F)ccc12. The highest BCUT2D eigenvalue weighted by Gasteiger charge is 2.42. The van der Waals surface area contributed by atoms with E-state index in [0.717, 1.165) is 16.2 Å². The maximum absolute atomic E-state index is 14.4. The number of benzene rings is 2. The minimum absolute atomic E-state index is 0.0165. The van der Waals surface area contributed by atoms with Crippen molar-refractivity contribution in [3.8, 4) is 0 Å². The third-order valence-electron chi connectivity index (χ3n) is 5.23. The van der Waals surface area contributed by atoms with Gasteiger partial charge in [-0.2, -0.15) is 13.2 Å². The fourth-order valence-electron chi connectivity index (χ4n) is 3.62. The first kappa shape index (κ1) is 25.4. The number of nitrogens with zero attached hydrogens (tertiary/aromatic N) is 2. The molecule has 0 unspecified atom stereocenters. The molecule has 0 aliphatic heterocycles. The summed E-state index contributed by atoms with van der Waals surface area (Å²) in [6, 6.07) is 6.42. The van der Waals surface area contributed by atoms with Crippen molar-refractivity contribution >= 4 is 32.3 Å². The van der Waals surface area contributed by atoms with Crippen molar-refractivity contribution < 1.29 is 39.2 Å². The van der Waals surface area contributed by atoms with Crippen LogP contribution in [0.3, 0.4) is 0 Å². The zero-order valence-corrected chi connectivity index (χ0v) is 18.9. The molecular weight excluding hydrogens is 517 g/mol. The van der Waals surface area contributed by atoms with E-state index in [4.69, 9.17) is 0 Å². The van der Waals surface area contributed by atoms with Crippen molar-refractivity contribution in [2.45, 2.75) is 17.6 Å². The molecular formula is C22H15F7N4O2S. The zero-order chi connectivity index (χ0) is 26.4. The quantitative estimate of drug-likeness (QED) is 0.260. The van der Waals surface area contributed by atoms with Crippen molar-refractivity contribution in [3.63, 3.8) is 0 Å². The number of anilines is 2. The van der Waals surface area contributed by atoms with E-state index >= 15 is 0 Å². The van der Waals surface area contributed by atoms with Crippen LogP contribution in [0.15, 0.2) is 53.8 Å². The molecule has 0 aliphatic carbocycles. The molecule has 0 spiro atoms. The summed E-state index contributed by atoms with van der Waals surface area (Å²) in [7, 11) is -2.58. The van der Waals surface area contributed by atoms with Gasteiger partial charge in [0.25, 0.3) is 10.0 Å². The highest BCUT2D eigenvalue weighted by atomic mass is 32.2. The summed E-state index contributed by atoms with van der Waals surface area (Å²) in [6.45, 7) is 0.234. The molecule has 6 nitrogen and oxygen atoms in total. The summed E-state index contributed by atoms with van der Waals surface area (Å²) in [6.07, 6.45) is -1.89. The van der Waals surface area contributed by atoms with Crippen LogP contribution in [0, 0.1) is 23.3 Å². The van der Waals surface area contributed by atoms with Crippen molar-refractivity contribution in [2.24, 2.45) is 0 Å². The number of aromatic nitrogens is 2. The Balaban J connectivity index is 1.88. The summed E-state index contributed by atoms with van der Waals surface area (Å²) >= 11 is 0. The van der Waals surface area contributed by atoms with Gasteiger partial charge in [0.2, 0.25) is 0 Å². The Kier molecular flexibility index (Phi) is 6.43. The van der Waals surface area contributed by atoms with Gasteiger partial charge in [0.15, 0.2) is 23.3 Å². The molecule has 2 aromatic heterocycles. The van der Waals surface area contributed by atoms with Gasteiger partial charge >= 0.3 is 6.18 Å². The Morgan fingerprint density at radius 3 is 2.22 bits per heavy atom. The van der Waals surface area contributed by atoms with Crippen molar-refractivity contribution in [3.05, 3.63) is 83.3 Å². The molecule has 0 amide bonds. The highest BCUT2D eigenvalue weighted by molar-refractivity contribution is 7.90. The minimum atomic E-state index is -5.68. The molecule has 2 heterocycles. The second-order valence-corrected chi connectivity index (χ2v) is 9.35. The van der Waals surface area contributed by atoms with Gasteiger partial charge in [0.05, 0.1) is 5.52 Å². The molecule has 0 aliphatic rings. The molecule has 4 rings (SSSR count). The lowest BCUT2D eigenvalue weighted by Gasteiger charge is -2.15. The van der Waals surface area contributed by atoms with Gasteiger partial charge < -0.3 is 10.6 Å². The van der Waals surface area contributed by atoms with Crippen LogP contribution in [0.25, 0.3) is 10.9 Å². The zero-order valence-electron chi connectivity index (χ0n) is 18.1. The molecule has 0 saturated carbocycles. The number of fused-ring (bicyclic) bond motifs is 1. The van der Waals surface area contributed by atoms with E-state index in [1.807, 2.05) is 5.32 Å². The average Bonchev–Trinajstić information content (AvgIpc) is 3.19. The second-order valence-electron chi connectivity index (χ2n) is 7.53. The highest BCUT2D eigenvalue weighted by Crippen LogP contribution is 2.39. The molecule has 0 saturated heterocycles. The van der Waals surface area contributed by atoms with E-state index in [-0.39, 0.29) is 22.6 Å². The molecule has 36 heavy (non-hydrogen) atoms. The van der Waals surface area contributed by atoms with E-state index in [0.29, 0.717) is 10.9 Å². The number of hydrogen-bond acceptors (Lipinski definition) is 5. The second kappa shape index (κ2) is 9.09. The Bertz CT molecular complexity index is 1540. The van der Waals surface area contributed by atoms with Crippen molar-refractivity contribution in [1.82, 2.24) is 14.3 Å². The van der Waals surface area contributed by atoms with E-state index in [1.54, 1.807) is 7.05 Å². The first-order valence-corrected chi connectivity index (χ1v) is 11.5. The molecule has 190 valence electrons. The van der Waals surface area contributed by atoms with Gasteiger partial charge in [-0.1, -0.05) is 6.07 Å². The van der Waals surface area contributed by atoms with Crippen LogP contribution in [0.1, 0.15) is 11.1 Å². The maximum Gasteiger partial charge on any atom is 0.422 e.